The van der Waals surface area contributed by atoms with E-state index in [1.54, 1.807) is 25.1 Å². The standard InChI is InChI=1S/C29H35F3N4O3.H2S/c1-20-15-22(9-10-24(20)25(37)33(2)3)34-11-13-35(14-12-34)23-16-27(17-23)18-36(19-27)26(38)28(39,29(30,31)32)21-7-5-4-6-8-21;/h4-10,15,23,39H,11-14,16-19H2,1-3H3;1H2/t28-;/m0./s1. The molecule has 1 N–H and O–H groups in total. The summed E-state index contributed by atoms with van der Waals surface area (Å²) in [5, 5.41) is 10.6. The minimum absolute atomic E-state index is 0. The molecule has 2 aromatic carbocycles. The van der Waals surface area contributed by atoms with Gasteiger partial charge in [-0.2, -0.15) is 26.7 Å². The van der Waals surface area contributed by atoms with Crippen LogP contribution in [-0.2, 0) is 10.4 Å². The van der Waals surface area contributed by atoms with Crippen molar-refractivity contribution in [1.29, 1.82) is 0 Å². The van der Waals surface area contributed by atoms with Gasteiger partial charge < -0.3 is 19.8 Å². The van der Waals surface area contributed by atoms with Crippen LogP contribution in [0.15, 0.2) is 48.5 Å². The Bertz CT molecular complexity index is 1240. The van der Waals surface area contributed by atoms with Crippen LogP contribution in [0.4, 0.5) is 18.9 Å². The fourth-order valence-corrected chi connectivity index (χ4v) is 6.35. The molecule has 2 saturated heterocycles. The molecule has 2 aliphatic heterocycles. The third kappa shape index (κ3) is 5.19. The average Bonchev–Trinajstić information content (AvgIpc) is 2.86. The number of likely N-dealkylation sites (tertiary alicyclic amines) is 1. The Morgan fingerprint density at radius 3 is 2.10 bits per heavy atom. The smallest absolute Gasteiger partial charge is 0.369 e. The summed E-state index contributed by atoms with van der Waals surface area (Å²) in [6.45, 7) is 5.89. The van der Waals surface area contributed by atoms with Crippen molar-refractivity contribution >= 4 is 31.0 Å². The molecule has 0 unspecified atom stereocenters. The highest BCUT2D eigenvalue weighted by atomic mass is 32.1. The van der Waals surface area contributed by atoms with Crippen molar-refractivity contribution in [2.75, 3.05) is 58.3 Å². The summed E-state index contributed by atoms with van der Waals surface area (Å²) in [7, 11) is 3.48. The fourth-order valence-electron chi connectivity index (χ4n) is 6.35. The highest BCUT2D eigenvalue weighted by Gasteiger charge is 2.65. The van der Waals surface area contributed by atoms with Crippen molar-refractivity contribution in [3.8, 4) is 0 Å². The van der Waals surface area contributed by atoms with Crippen molar-refractivity contribution in [2.45, 2.75) is 37.6 Å². The SMILES string of the molecule is Cc1cc(N2CCN(C3CC4(C3)CN(C(=O)[C@@](O)(c3ccccc3)C(F)(F)F)C4)CC2)ccc1C(=O)N(C)C.S. The number of hydrogen-bond acceptors (Lipinski definition) is 5. The molecule has 3 aliphatic rings. The highest BCUT2D eigenvalue weighted by Crippen LogP contribution is 2.52. The van der Waals surface area contributed by atoms with Gasteiger partial charge in [0.25, 0.3) is 17.4 Å². The van der Waals surface area contributed by atoms with Gasteiger partial charge in [-0.05, 0) is 43.5 Å². The largest absolute Gasteiger partial charge is 0.430 e. The van der Waals surface area contributed by atoms with Crippen LogP contribution in [0.1, 0.15) is 34.3 Å². The molecule has 1 saturated carbocycles. The minimum atomic E-state index is -5.11. The highest BCUT2D eigenvalue weighted by molar-refractivity contribution is 7.59. The van der Waals surface area contributed by atoms with Crippen LogP contribution in [0.5, 0.6) is 0 Å². The average molecular weight is 579 g/mol. The summed E-state index contributed by atoms with van der Waals surface area (Å²) in [6.07, 6.45) is -3.43. The lowest BCUT2D eigenvalue weighted by Gasteiger charge is -2.62. The number of piperazine rings is 1. The summed E-state index contributed by atoms with van der Waals surface area (Å²) in [6, 6.07) is 12.9. The summed E-state index contributed by atoms with van der Waals surface area (Å²) >= 11 is 0. The van der Waals surface area contributed by atoms with E-state index in [2.05, 4.69) is 15.9 Å². The number of anilines is 1. The van der Waals surface area contributed by atoms with E-state index in [9.17, 15) is 27.9 Å². The van der Waals surface area contributed by atoms with Crippen molar-refractivity contribution < 1.29 is 27.9 Å². The van der Waals surface area contributed by atoms with Crippen LogP contribution >= 0.6 is 13.5 Å². The molecule has 1 atom stereocenters. The molecule has 2 aromatic rings. The van der Waals surface area contributed by atoms with Crippen LogP contribution in [0, 0.1) is 12.3 Å². The summed E-state index contributed by atoms with van der Waals surface area (Å²) in [5.41, 5.74) is -1.41. The number of nitrogens with zero attached hydrogens (tertiary/aromatic N) is 4. The van der Waals surface area contributed by atoms with Gasteiger partial charge in [-0.1, -0.05) is 30.3 Å². The third-order valence-corrected chi connectivity index (χ3v) is 8.63. The van der Waals surface area contributed by atoms with Gasteiger partial charge in [0.1, 0.15) is 0 Å². The quantitative estimate of drug-likeness (QED) is 0.590. The molecule has 2 heterocycles. The molecular formula is C29H37F3N4O3S. The number of amides is 2. The number of aliphatic hydroxyl groups is 1. The number of aryl methyl sites for hydroxylation is 1. The van der Waals surface area contributed by atoms with E-state index in [0.717, 1.165) is 67.3 Å². The van der Waals surface area contributed by atoms with Crippen LogP contribution in [0.3, 0.4) is 0 Å². The second-order valence-electron chi connectivity index (χ2n) is 11.5. The van der Waals surface area contributed by atoms with Gasteiger partial charge in [-0.3, -0.25) is 14.5 Å². The lowest BCUT2D eigenvalue weighted by atomic mass is 9.59. The third-order valence-electron chi connectivity index (χ3n) is 8.63. The molecule has 1 spiro atoms. The topological polar surface area (TPSA) is 67.3 Å². The molecular weight excluding hydrogens is 541 g/mol. The lowest BCUT2D eigenvalue weighted by Crippen LogP contribution is -2.71. The van der Waals surface area contributed by atoms with Crippen LogP contribution in [-0.4, -0.2) is 97.2 Å². The first-order chi connectivity index (χ1) is 18.3. The van der Waals surface area contributed by atoms with Gasteiger partial charge in [0, 0.05) is 81.6 Å². The maximum absolute atomic E-state index is 13.9. The number of carbonyl (C=O) groups is 2. The molecule has 2 amide bonds. The van der Waals surface area contributed by atoms with Crippen LogP contribution in [0.2, 0.25) is 0 Å². The summed E-state index contributed by atoms with van der Waals surface area (Å²) < 4.78 is 41.7. The number of hydrogen-bond donors (Lipinski definition) is 1. The van der Waals surface area contributed by atoms with E-state index in [0.29, 0.717) is 11.6 Å². The molecule has 0 aromatic heterocycles. The minimum Gasteiger partial charge on any atom is -0.369 e. The van der Waals surface area contributed by atoms with Gasteiger partial charge >= 0.3 is 6.18 Å². The van der Waals surface area contributed by atoms with Crippen molar-refractivity contribution in [2.24, 2.45) is 5.41 Å². The number of carbonyl (C=O) groups excluding carboxylic acids is 2. The molecule has 11 heteroatoms. The maximum Gasteiger partial charge on any atom is 0.430 e. The van der Waals surface area contributed by atoms with Crippen LogP contribution in [0.25, 0.3) is 0 Å². The van der Waals surface area contributed by atoms with Gasteiger partial charge in [0.2, 0.25) is 0 Å². The second-order valence-corrected chi connectivity index (χ2v) is 11.5. The number of alkyl halides is 3. The van der Waals surface area contributed by atoms with Crippen molar-refractivity contribution in [3.05, 3.63) is 65.2 Å². The predicted octanol–water partition coefficient (Wildman–Crippen LogP) is 3.37. The normalized spacial score (nSPS) is 20.7. The van der Waals surface area contributed by atoms with E-state index in [4.69, 9.17) is 0 Å². The fraction of sp³-hybridized carbons (Fsp3) is 0.517. The zero-order valence-electron chi connectivity index (χ0n) is 23.0. The summed E-state index contributed by atoms with van der Waals surface area (Å²) in [5.74, 6) is -1.31. The first-order valence-electron chi connectivity index (χ1n) is 13.3. The molecule has 0 radical (unpaired) electrons. The number of halogens is 3. The Kier molecular flexibility index (Phi) is 8.23. The first-order valence-corrected chi connectivity index (χ1v) is 13.3. The number of benzene rings is 2. The molecule has 1 aliphatic carbocycles. The monoisotopic (exact) mass is 578 g/mol. The second kappa shape index (κ2) is 10.9. The van der Waals surface area contributed by atoms with E-state index >= 15 is 0 Å². The maximum atomic E-state index is 13.9. The molecule has 7 nitrogen and oxygen atoms in total. The number of rotatable bonds is 5. The Morgan fingerprint density at radius 1 is 0.975 bits per heavy atom. The summed E-state index contributed by atoms with van der Waals surface area (Å²) in [4.78, 5) is 32.7. The Labute approximate surface area is 240 Å². The van der Waals surface area contributed by atoms with Gasteiger partial charge in [-0.25, -0.2) is 0 Å². The molecule has 3 fully saturated rings. The first kappa shape index (κ1) is 30.2. The van der Waals surface area contributed by atoms with Gasteiger partial charge in [0.15, 0.2) is 0 Å². The predicted molar refractivity (Wildman–Crippen MR) is 152 cm³/mol. The van der Waals surface area contributed by atoms with Crippen molar-refractivity contribution in [3.63, 3.8) is 0 Å². The molecule has 40 heavy (non-hydrogen) atoms. The van der Waals surface area contributed by atoms with Crippen LogP contribution < -0.4 is 4.90 Å². The van der Waals surface area contributed by atoms with E-state index < -0.39 is 23.2 Å². The van der Waals surface area contributed by atoms with E-state index in [1.807, 2.05) is 19.1 Å². The Hall–Kier alpha value is -2.76. The molecule has 5 rings (SSSR count). The van der Waals surface area contributed by atoms with E-state index in [1.165, 1.54) is 12.1 Å². The van der Waals surface area contributed by atoms with Crippen molar-refractivity contribution in [1.82, 2.24) is 14.7 Å². The molecule has 0 bridgehead atoms. The zero-order valence-corrected chi connectivity index (χ0v) is 24.0. The van der Waals surface area contributed by atoms with Gasteiger partial charge in [-0.15, -0.1) is 0 Å². The molecule has 218 valence electrons. The Balaban J connectivity index is 0.00000370. The van der Waals surface area contributed by atoms with E-state index in [-0.39, 0.29) is 37.9 Å². The van der Waals surface area contributed by atoms with Gasteiger partial charge in [0.05, 0.1) is 0 Å². The lowest BCUT2D eigenvalue weighted by molar-refractivity contribution is -0.267. The zero-order chi connectivity index (χ0) is 28.2. The Morgan fingerprint density at radius 2 is 1.57 bits per heavy atom.